The van der Waals surface area contributed by atoms with E-state index in [-0.39, 0.29) is 11.2 Å². The van der Waals surface area contributed by atoms with Crippen LogP contribution in [0.5, 0.6) is 11.5 Å². The molecule has 6 heteroatoms. The minimum Gasteiger partial charge on any atom is -0.489 e. The predicted molar refractivity (Wildman–Crippen MR) is 89.0 cm³/mol. The van der Waals surface area contributed by atoms with E-state index >= 15 is 0 Å². The standard InChI is InChI=1S/C16H20ClNO3S/c1-10(16(19)18-12-3-4-12)22-9-11-7-13(17)15-14(8-11)20-5-2-6-21-15/h7-8,10,12H,2-6,9H2,1H3,(H,18,19)/t10-/m0/s1. The van der Waals surface area contributed by atoms with E-state index in [1.165, 1.54) is 0 Å². The monoisotopic (exact) mass is 341 g/mol. The summed E-state index contributed by atoms with van der Waals surface area (Å²) in [5, 5.41) is 3.53. The van der Waals surface area contributed by atoms with Crippen LogP contribution in [-0.2, 0) is 10.5 Å². The topological polar surface area (TPSA) is 47.6 Å². The first-order valence-corrected chi connectivity index (χ1v) is 9.06. The van der Waals surface area contributed by atoms with Crippen LogP contribution >= 0.6 is 23.4 Å². The summed E-state index contributed by atoms with van der Waals surface area (Å²) in [5.41, 5.74) is 1.05. The van der Waals surface area contributed by atoms with E-state index < -0.39 is 0 Å². The third-order valence-corrected chi connectivity index (χ3v) is 5.15. The Morgan fingerprint density at radius 2 is 2.18 bits per heavy atom. The van der Waals surface area contributed by atoms with Gasteiger partial charge < -0.3 is 14.8 Å². The SMILES string of the molecule is C[C@H](SCc1cc(Cl)c2c(c1)OCCCO2)C(=O)NC1CC1. The van der Waals surface area contributed by atoms with Gasteiger partial charge in [0.2, 0.25) is 5.91 Å². The lowest BCUT2D eigenvalue weighted by Gasteiger charge is -2.14. The van der Waals surface area contributed by atoms with Crippen LogP contribution in [-0.4, -0.2) is 30.4 Å². The van der Waals surface area contributed by atoms with Gasteiger partial charge in [-0.05, 0) is 37.5 Å². The van der Waals surface area contributed by atoms with Gasteiger partial charge in [0.05, 0.1) is 23.5 Å². The lowest BCUT2D eigenvalue weighted by atomic mass is 10.2. The Morgan fingerprint density at radius 1 is 1.41 bits per heavy atom. The molecule has 0 spiro atoms. The molecule has 1 aliphatic heterocycles. The summed E-state index contributed by atoms with van der Waals surface area (Å²) in [5.74, 6) is 2.17. The Balaban J connectivity index is 1.61. The predicted octanol–water partition coefficient (Wildman–Crippen LogP) is 3.40. The van der Waals surface area contributed by atoms with Gasteiger partial charge in [-0.2, -0.15) is 0 Å². The van der Waals surface area contributed by atoms with Gasteiger partial charge in [0.25, 0.3) is 0 Å². The fourth-order valence-electron chi connectivity index (χ4n) is 2.21. The third kappa shape index (κ3) is 4.02. The van der Waals surface area contributed by atoms with Gasteiger partial charge in [0.1, 0.15) is 0 Å². The second-order valence-electron chi connectivity index (χ2n) is 5.69. The zero-order valence-electron chi connectivity index (χ0n) is 12.6. The summed E-state index contributed by atoms with van der Waals surface area (Å²) < 4.78 is 11.3. The van der Waals surface area contributed by atoms with E-state index in [9.17, 15) is 4.79 Å². The minimum absolute atomic E-state index is 0.0737. The normalized spacial score (nSPS) is 18.5. The molecule has 22 heavy (non-hydrogen) atoms. The summed E-state index contributed by atoms with van der Waals surface area (Å²) in [6, 6.07) is 4.27. The molecule has 1 aromatic carbocycles. The molecule has 2 aliphatic rings. The average Bonchev–Trinajstić information content (AvgIpc) is 3.31. The zero-order valence-corrected chi connectivity index (χ0v) is 14.1. The van der Waals surface area contributed by atoms with E-state index in [1.54, 1.807) is 11.8 Å². The molecule has 1 aliphatic carbocycles. The summed E-state index contributed by atoms with van der Waals surface area (Å²) in [4.78, 5) is 12.0. The van der Waals surface area contributed by atoms with Crippen molar-refractivity contribution in [1.29, 1.82) is 0 Å². The van der Waals surface area contributed by atoms with Crippen LogP contribution in [0.15, 0.2) is 12.1 Å². The number of hydrogen-bond donors (Lipinski definition) is 1. The molecule has 1 aromatic rings. The Kier molecular flexibility index (Phi) is 5.03. The number of amides is 1. The number of hydrogen-bond acceptors (Lipinski definition) is 4. The molecule has 4 nitrogen and oxygen atoms in total. The van der Waals surface area contributed by atoms with Crippen molar-refractivity contribution in [2.75, 3.05) is 13.2 Å². The van der Waals surface area contributed by atoms with Crippen molar-refractivity contribution >= 4 is 29.3 Å². The molecular formula is C16H20ClNO3S. The van der Waals surface area contributed by atoms with Crippen molar-refractivity contribution in [3.63, 3.8) is 0 Å². The number of fused-ring (bicyclic) bond motifs is 1. The lowest BCUT2D eigenvalue weighted by Crippen LogP contribution is -2.32. The minimum atomic E-state index is -0.0737. The van der Waals surface area contributed by atoms with E-state index in [4.69, 9.17) is 21.1 Å². The molecule has 1 fully saturated rings. The fraction of sp³-hybridized carbons (Fsp3) is 0.562. The number of carbonyl (C=O) groups excluding carboxylic acids is 1. The Hall–Kier alpha value is -1.07. The van der Waals surface area contributed by atoms with E-state index in [1.807, 2.05) is 19.1 Å². The van der Waals surface area contributed by atoms with Crippen molar-refractivity contribution in [2.45, 2.75) is 43.2 Å². The number of benzene rings is 1. The molecule has 0 aromatic heterocycles. The molecule has 0 radical (unpaired) electrons. The third-order valence-electron chi connectivity index (χ3n) is 3.65. The van der Waals surface area contributed by atoms with E-state index in [0.717, 1.165) is 30.6 Å². The molecule has 120 valence electrons. The maximum absolute atomic E-state index is 12.0. The van der Waals surface area contributed by atoms with Crippen molar-refractivity contribution in [3.8, 4) is 11.5 Å². The Bertz CT molecular complexity index is 563. The first kappa shape index (κ1) is 15.8. The smallest absolute Gasteiger partial charge is 0.233 e. The van der Waals surface area contributed by atoms with Crippen LogP contribution in [0.2, 0.25) is 5.02 Å². The van der Waals surface area contributed by atoms with E-state index in [0.29, 0.717) is 35.8 Å². The maximum Gasteiger partial charge on any atom is 0.233 e. The molecule has 1 saturated carbocycles. The van der Waals surface area contributed by atoms with Gasteiger partial charge in [0, 0.05) is 18.2 Å². The Morgan fingerprint density at radius 3 is 2.95 bits per heavy atom. The molecule has 0 bridgehead atoms. The van der Waals surface area contributed by atoms with Crippen LogP contribution in [0.3, 0.4) is 0 Å². The highest BCUT2D eigenvalue weighted by molar-refractivity contribution is 7.99. The van der Waals surface area contributed by atoms with Crippen LogP contribution in [0.25, 0.3) is 0 Å². The Labute approximate surface area is 139 Å². The highest BCUT2D eigenvalue weighted by Crippen LogP contribution is 2.39. The van der Waals surface area contributed by atoms with E-state index in [2.05, 4.69) is 5.32 Å². The van der Waals surface area contributed by atoms with Crippen molar-refractivity contribution < 1.29 is 14.3 Å². The average molecular weight is 342 g/mol. The highest BCUT2D eigenvalue weighted by atomic mass is 35.5. The van der Waals surface area contributed by atoms with Gasteiger partial charge in [-0.25, -0.2) is 0 Å². The molecule has 3 rings (SSSR count). The van der Waals surface area contributed by atoms with Crippen molar-refractivity contribution in [1.82, 2.24) is 5.32 Å². The van der Waals surface area contributed by atoms with Crippen LogP contribution < -0.4 is 14.8 Å². The highest BCUT2D eigenvalue weighted by Gasteiger charge is 2.25. The molecule has 1 heterocycles. The lowest BCUT2D eigenvalue weighted by molar-refractivity contribution is -0.120. The molecule has 1 atom stereocenters. The summed E-state index contributed by atoms with van der Waals surface area (Å²) in [6.07, 6.45) is 3.08. The second kappa shape index (κ2) is 7.01. The fourth-order valence-corrected chi connectivity index (χ4v) is 3.33. The summed E-state index contributed by atoms with van der Waals surface area (Å²) in [6.45, 7) is 3.20. The summed E-state index contributed by atoms with van der Waals surface area (Å²) in [7, 11) is 0. The number of nitrogens with one attached hydrogen (secondary N) is 1. The van der Waals surface area contributed by atoms with Crippen LogP contribution in [0.4, 0.5) is 0 Å². The second-order valence-corrected chi connectivity index (χ2v) is 7.43. The van der Waals surface area contributed by atoms with Gasteiger partial charge >= 0.3 is 0 Å². The molecule has 1 N–H and O–H groups in total. The number of rotatable bonds is 5. The molecular weight excluding hydrogens is 322 g/mol. The molecule has 0 unspecified atom stereocenters. The number of ether oxygens (including phenoxy) is 2. The number of halogens is 1. The molecule has 1 amide bonds. The maximum atomic E-state index is 12.0. The van der Waals surface area contributed by atoms with Crippen LogP contribution in [0.1, 0.15) is 31.7 Å². The number of thioether (sulfide) groups is 1. The first-order valence-electron chi connectivity index (χ1n) is 7.63. The van der Waals surface area contributed by atoms with Gasteiger partial charge in [0.15, 0.2) is 11.5 Å². The molecule has 0 saturated heterocycles. The van der Waals surface area contributed by atoms with Crippen molar-refractivity contribution in [2.24, 2.45) is 0 Å². The van der Waals surface area contributed by atoms with Gasteiger partial charge in [-0.1, -0.05) is 11.6 Å². The van der Waals surface area contributed by atoms with Gasteiger partial charge in [-0.3, -0.25) is 4.79 Å². The summed E-state index contributed by atoms with van der Waals surface area (Å²) >= 11 is 7.89. The van der Waals surface area contributed by atoms with Crippen LogP contribution in [0, 0.1) is 0 Å². The number of carbonyl (C=O) groups is 1. The van der Waals surface area contributed by atoms with Gasteiger partial charge in [-0.15, -0.1) is 11.8 Å². The quantitative estimate of drug-likeness (QED) is 0.891. The van der Waals surface area contributed by atoms with Crippen molar-refractivity contribution in [3.05, 3.63) is 22.7 Å². The largest absolute Gasteiger partial charge is 0.489 e. The zero-order chi connectivity index (χ0) is 15.5. The first-order chi connectivity index (χ1) is 10.6.